The minimum Gasteiger partial charge on any atom is -0.493 e. The number of amides is 1. The molecule has 0 aliphatic carbocycles. The second-order valence-electron chi connectivity index (χ2n) is 7.93. The van der Waals surface area contributed by atoms with Crippen LogP contribution < -0.4 is 29.1 Å². The van der Waals surface area contributed by atoms with E-state index in [1.165, 1.54) is 13.3 Å². The van der Waals surface area contributed by atoms with E-state index in [1.54, 1.807) is 36.4 Å². The van der Waals surface area contributed by atoms with Gasteiger partial charge in [-0.2, -0.15) is 5.10 Å². The normalized spacial score (nSPS) is 11.9. The zero-order valence-electron chi connectivity index (χ0n) is 19.8. The maximum atomic E-state index is 12.6. The highest BCUT2D eigenvalue weighted by Crippen LogP contribution is 2.34. The van der Waals surface area contributed by atoms with Crippen molar-refractivity contribution in [3.8, 4) is 28.7 Å². The van der Waals surface area contributed by atoms with Gasteiger partial charge in [0.2, 0.25) is 6.79 Å². The summed E-state index contributed by atoms with van der Waals surface area (Å²) in [7, 11) is 1.46. The number of methoxy groups -OCH3 is 1. The summed E-state index contributed by atoms with van der Waals surface area (Å²) < 4.78 is 27.1. The van der Waals surface area contributed by atoms with Crippen LogP contribution in [0.5, 0.6) is 28.7 Å². The van der Waals surface area contributed by atoms with Gasteiger partial charge in [-0.05, 0) is 53.4 Å². The SMILES string of the molecule is COc1cc(/C=N/NC(=O)COc2cccc3ccccc23)ccc1OC(=O)c1ccc2c(c1)OCO2. The highest BCUT2D eigenvalue weighted by Gasteiger charge is 2.18. The van der Waals surface area contributed by atoms with E-state index >= 15 is 0 Å². The number of fused-ring (bicyclic) bond motifs is 2. The number of ether oxygens (including phenoxy) is 5. The van der Waals surface area contributed by atoms with Crippen LogP contribution in [-0.2, 0) is 4.79 Å². The molecule has 1 amide bonds. The molecule has 37 heavy (non-hydrogen) atoms. The number of carbonyl (C=O) groups is 2. The summed E-state index contributed by atoms with van der Waals surface area (Å²) in [6.07, 6.45) is 1.45. The second kappa shape index (κ2) is 10.7. The van der Waals surface area contributed by atoms with E-state index in [0.29, 0.717) is 34.1 Å². The highest BCUT2D eigenvalue weighted by molar-refractivity contribution is 5.92. The third-order valence-electron chi connectivity index (χ3n) is 5.51. The molecule has 4 aromatic rings. The molecule has 0 fully saturated rings. The van der Waals surface area contributed by atoms with E-state index in [1.807, 2.05) is 42.5 Å². The maximum Gasteiger partial charge on any atom is 0.343 e. The average molecular weight is 498 g/mol. The smallest absolute Gasteiger partial charge is 0.343 e. The topological polar surface area (TPSA) is 105 Å². The van der Waals surface area contributed by atoms with Crippen LogP contribution in [0.25, 0.3) is 10.8 Å². The van der Waals surface area contributed by atoms with Gasteiger partial charge in [0.05, 0.1) is 18.9 Å². The molecule has 0 saturated heterocycles. The lowest BCUT2D eigenvalue weighted by atomic mass is 10.1. The van der Waals surface area contributed by atoms with Crippen LogP contribution in [0.15, 0.2) is 84.0 Å². The van der Waals surface area contributed by atoms with Crippen LogP contribution in [0.3, 0.4) is 0 Å². The first-order valence-electron chi connectivity index (χ1n) is 11.3. The van der Waals surface area contributed by atoms with Crippen molar-refractivity contribution in [3.63, 3.8) is 0 Å². The summed E-state index contributed by atoms with van der Waals surface area (Å²) >= 11 is 0. The molecule has 186 valence electrons. The van der Waals surface area contributed by atoms with E-state index in [9.17, 15) is 9.59 Å². The van der Waals surface area contributed by atoms with E-state index < -0.39 is 11.9 Å². The number of hydrazone groups is 1. The Balaban J connectivity index is 1.17. The third kappa shape index (κ3) is 5.46. The standard InChI is InChI=1S/C28H22N2O7/c1-33-25-13-18(9-11-24(25)37-28(32)20-10-12-23-26(14-20)36-17-35-23)15-29-30-27(31)16-34-22-8-4-6-19-5-2-3-7-21(19)22/h2-15H,16-17H2,1H3,(H,30,31)/b29-15+. The van der Waals surface area contributed by atoms with E-state index in [-0.39, 0.29) is 19.1 Å². The Morgan fingerprint density at radius 2 is 1.76 bits per heavy atom. The quantitative estimate of drug-likeness (QED) is 0.167. The molecule has 0 bridgehead atoms. The molecule has 1 aliphatic heterocycles. The fourth-order valence-electron chi connectivity index (χ4n) is 3.71. The van der Waals surface area contributed by atoms with Crippen LogP contribution in [0.2, 0.25) is 0 Å². The zero-order valence-corrected chi connectivity index (χ0v) is 19.8. The first kappa shape index (κ1) is 23.7. The van der Waals surface area contributed by atoms with Crippen molar-refractivity contribution in [3.05, 3.63) is 90.0 Å². The Kier molecular flexibility index (Phi) is 6.84. The summed E-state index contributed by atoms with van der Waals surface area (Å²) in [4.78, 5) is 24.8. The Hall–Kier alpha value is -5.05. The first-order chi connectivity index (χ1) is 18.1. The van der Waals surface area contributed by atoms with Crippen LogP contribution >= 0.6 is 0 Å². The third-order valence-corrected chi connectivity index (χ3v) is 5.51. The molecule has 0 unspecified atom stereocenters. The number of hydrogen-bond donors (Lipinski definition) is 1. The molecule has 5 rings (SSSR count). The van der Waals surface area contributed by atoms with Crippen LogP contribution in [0.1, 0.15) is 15.9 Å². The molecule has 0 saturated carbocycles. The van der Waals surface area contributed by atoms with Gasteiger partial charge in [0.15, 0.2) is 29.6 Å². The molecular weight excluding hydrogens is 476 g/mol. The average Bonchev–Trinajstić information content (AvgIpc) is 3.40. The molecule has 1 N–H and O–H groups in total. The van der Waals surface area contributed by atoms with Crippen molar-refractivity contribution in [2.24, 2.45) is 5.10 Å². The van der Waals surface area contributed by atoms with Gasteiger partial charge in [-0.3, -0.25) is 4.79 Å². The Labute approximate surface area is 212 Å². The summed E-state index contributed by atoms with van der Waals surface area (Å²) in [5, 5.41) is 5.92. The highest BCUT2D eigenvalue weighted by atomic mass is 16.7. The summed E-state index contributed by atoms with van der Waals surface area (Å²) in [6.45, 7) is -0.0776. The van der Waals surface area contributed by atoms with Gasteiger partial charge >= 0.3 is 5.97 Å². The van der Waals surface area contributed by atoms with E-state index in [0.717, 1.165) is 10.8 Å². The lowest BCUT2D eigenvalue weighted by molar-refractivity contribution is -0.123. The number of carbonyl (C=O) groups excluding carboxylic acids is 2. The van der Waals surface area contributed by atoms with Gasteiger partial charge in [0.25, 0.3) is 5.91 Å². The molecule has 0 aromatic heterocycles. The van der Waals surface area contributed by atoms with Gasteiger partial charge in [-0.15, -0.1) is 0 Å². The number of nitrogens with zero attached hydrogens (tertiary/aromatic N) is 1. The predicted molar refractivity (Wildman–Crippen MR) is 136 cm³/mol. The monoisotopic (exact) mass is 498 g/mol. The van der Waals surface area contributed by atoms with Gasteiger partial charge in [0, 0.05) is 5.39 Å². The summed E-state index contributed by atoms with van der Waals surface area (Å²) in [6, 6.07) is 23.1. The van der Waals surface area contributed by atoms with E-state index in [2.05, 4.69) is 10.5 Å². The van der Waals surface area contributed by atoms with Crippen molar-refractivity contribution in [2.45, 2.75) is 0 Å². The number of esters is 1. The zero-order chi connectivity index (χ0) is 25.6. The lowest BCUT2D eigenvalue weighted by Crippen LogP contribution is -2.24. The molecule has 9 heteroatoms. The van der Waals surface area contributed by atoms with Gasteiger partial charge in [-0.25, -0.2) is 10.2 Å². The lowest BCUT2D eigenvalue weighted by Gasteiger charge is -2.10. The van der Waals surface area contributed by atoms with Crippen LogP contribution in [0.4, 0.5) is 0 Å². The van der Waals surface area contributed by atoms with E-state index in [4.69, 9.17) is 23.7 Å². The minimum atomic E-state index is -0.573. The largest absolute Gasteiger partial charge is 0.493 e. The fourth-order valence-corrected chi connectivity index (χ4v) is 3.71. The molecule has 0 radical (unpaired) electrons. The molecule has 0 spiro atoms. The maximum absolute atomic E-state index is 12.6. The molecule has 4 aromatic carbocycles. The molecule has 1 aliphatic rings. The van der Waals surface area contributed by atoms with Gasteiger partial charge in [-0.1, -0.05) is 36.4 Å². The minimum absolute atomic E-state index is 0.113. The molecule has 1 heterocycles. The van der Waals surface area contributed by atoms with Crippen molar-refractivity contribution in [2.75, 3.05) is 20.5 Å². The summed E-state index contributed by atoms with van der Waals surface area (Å²) in [5.74, 6) is 1.25. The predicted octanol–water partition coefficient (Wildman–Crippen LogP) is 4.33. The molecular formula is C28H22N2O7. The number of benzene rings is 4. The fraction of sp³-hybridized carbons (Fsp3) is 0.107. The van der Waals surface area contributed by atoms with Gasteiger partial charge in [0.1, 0.15) is 5.75 Å². The molecule has 0 atom stereocenters. The molecule has 9 nitrogen and oxygen atoms in total. The number of nitrogens with one attached hydrogen (secondary N) is 1. The van der Waals surface area contributed by atoms with Crippen molar-refractivity contribution >= 4 is 28.9 Å². The second-order valence-corrected chi connectivity index (χ2v) is 7.93. The van der Waals surface area contributed by atoms with Crippen molar-refractivity contribution < 1.29 is 33.3 Å². The number of hydrogen-bond acceptors (Lipinski definition) is 8. The Morgan fingerprint density at radius 1 is 0.919 bits per heavy atom. The van der Waals surface area contributed by atoms with Crippen LogP contribution in [-0.4, -0.2) is 38.6 Å². The van der Waals surface area contributed by atoms with Crippen LogP contribution in [0, 0.1) is 0 Å². The number of rotatable bonds is 8. The first-order valence-corrected chi connectivity index (χ1v) is 11.3. The van der Waals surface area contributed by atoms with Crippen molar-refractivity contribution in [1.82, 2.24) is 5.43 Å². The Morgan fingerprint density at radius 3 is 2.65 bits per heavy atom. The summed E-state index contributed by atoms with van der Waals surface area (Å²) in [5.41, 5.74) is 3.36. The van der Waals surface area contributed by atoms with Crippen molar-refractivity contribution in [1.29, 1.82) is 0 Å². The van der Waals surface area contributed by atoms with Gasteiger partial charge < -0.3 is 23.7 Å². The Bertz CT molecular complexity index is 1490.